The molecule has 88 valence electrons. The van der Waals surface area contributed by atoms with Crippen molar-refractivity contribution < 1.29 is 14.3 Å². The van der Waals surface area contributed by atoms with Gasteiger partial charge in [-0.15, -0.1) is 0 Å². The van der Waals surface area contributed by atoms with Crippen LogP contribution in [0.3, 0.4) is 0 Å². The van der Waals surface area contributed by atoms with Crippen LogP contribution in [0.5, 0.6) is 5.75 Å². The van der Waals surface area contributed by atoms with Crippen LogP contribution in [0.2, 0.25) is 0 Å². The molecule has 0 atom stereocenters. The summed E-state index contributed by atoms with van der Waals surface area (Å²) in [6.45, 7) is 6.57. The Hall–Kier alpha value is -1.51. The molecule has 0 fully saturated rings. The van der Waals surface area contributed by atoms with Crippen LogP contribution in [0.25, 0.3) is 0 Å². The van der Waals surface area contributed by atoms with E-state index in [2.05, 4.69) is 0 Å². The first-order valence-corrected chi connectivity index (χ1v) is 5.49. The third-order valence-corrected chi connectivity index (χ3v) is 2.27. The summed E-state index contributed by atoms with van der Waals surface area (Å²) in [6, 6.07) is 5.97. The quantitative estimate of drug-likeness (QED) is 0.718. The van der Waals surface area contributed by atoms with Crippen LogP contribution in [0.1, 0.15) is 24.5 Å². The van der Waals surface area contributed by atoms with E-state index in [4.69, 9.17) is 9.47 Å². The first-order valence-electron chi connectivity index (χ1n) is 5.49. The molecule has 0 saturated carbocycles. The van der Waals surface area contributed by atoms with Crippen molar-refractivity contribution in [3.63, 3.8) is 0 Å². The summed E-state index contributed by atoms with van der Waals surface area (Å²) < 4.78 is 10.4. The van der Waals surface area contributed by atoms with Crippen LogP contribution < -0.4 is 4.74 Å². The van der Waals surface area contributed by atoms with Gasteiger partial charge < -0.3 is 9.47 Å². The molecule has 0 saturated heterocycles. The number of para-hydroxylation sites is 1. The van der Waals surface area contributed by atoms with Crippen molar-refractivity contribution in [3.8, 4) is 5.75 Å². The molecule has 0 spiro atoms. The highest BCUT2D eigenvalue weighted by Crippen LogP contribution is 2.22. The van der Waals surface area contributed by atoms with Gasteiger partial charge in [0, 0.05) is 0 Å². The number of hydrogen-bond acceptors (Lipinski definition) is 3. The van der Waals surface area contributed by atoms with Crippen LogP contribution in [0.4, 0.5) is 0 Å². The highest BCUT2D eigenvalue weighted by atomic mass is 16.5. The topological polar surface area (TPSA) is 35.5 Å². The fourth-order valence-electron chi connectivity index (χ4n) is 1.50. The van der Waals surface area contributed by atoms with Gasteiger partial charge in [0.05, 0.1) is 19.6 Å². The van der Waals surface area contributed by atoms with Gasteiger partial charge in [-0.1, -0.05) is 18.2 Å². The van der Waals surface area contributed by atoms with Gasteiger partial charge in [0.2, 0.25) is 0 Å². The number of ether oxygens (including phenoxy) is 2. The van der Waals surface area contributed by atoms with Crippen molar-refractivity contribution in [2.24, 2.45) is 0 Å². The molecule has 0 heterocycles. The number of carbonyl (C=O) groups is 1. The second-order valence-corrected chi connectivity index (χ2v) is 3.62. The minimum Gasteiger partial charge on any atom is -0.492 e. The number of carbonyl (C=O) groups excluding carboxylic acids is 1. The van der Waals surface area contributed by atoms with Crippen molar-refractivity contribution in [2.45, 2.75) is 27.2 Å². The largest absolute Gasteiger partial charge is 0.492 e. The number of hydrogen-bond donors (Lipinski definition) is 0. The smallest absolute Gasteiger partial charge is 0.309 e. The van der Waals surface area contributed by atoms with Crippen molar-refractivity contribution in [1.29, 1.82) is 0 Å². The van der Waals surface area contributed by atoms with Crippen LogP contribution in [0, 0.1) is 13.8 Å². The highest BCUT2D eigenvalue weighted by Gasteiger charge is 2.05. The van der Waals surface area contributed by atoms with E-state index in [0.29, 0.717) is 19.6 Å². The minimum atomic E-state index is -0.214. The second kappa shape index (κ2) is 6.16. The standard InChI is InChI=1S/C13H18O3/c1-4-15-12(14)8-9-16-13-10(2)6-5-7-11(13)3/h5-7H,4,8-9H2,1-3H3. The molecule has 0 aliphatic rings. The Bertz CT molecular complexity index is 338. The first kappa shape index (κ1) is 12.6. The zero-order valence-corrected chi connectivity index (χ0v) is 10.1. The molecule has 1 aromatic rings. The van der Waals surface area contributed by atoms with E-state index in [9.17, 15) is 4.79 Å². The molecular weight excluding hydrogens is 204 g/mol. The van der Waals surface area contributed by atoms with E-state index in [0.717, 1.165) is 16.9 Å². The fraction of sp³-hybridized carbons (Fsp3) is 0.462. The molecule has 0 aliphatic heterocycles. The molecule has 16 heavy (non-hydrogen) atoms. The van der Waals surface area contributed by atoms with E-state index < -0.39 is 0 Å². The molecular formula is C13H18O3. The number of rotatable bonds is 5. The molecule has 0 unspecified atom stereocenters. The Kier molecular flexibility index (Phi) is 4.83. The Morgan fingerprint density at radius 2 is 1.88 bits per heavy atom. The summed E-state index contributed by atoms with van der Waals surface area (Å²) in [6.07, 6.45) is 0.293. The lowest BCUT2D eigenvalue weighted by Gasteiger charge is -2.11. The molecule has 0 bridgehead atoms. The van der Waals surface area contributed by atoms with Crippen molar-refractivity contribution in [2.75, 3.05) is 13.2 Å². The van der Waals surface area contributed by atoms with E-state index in [1.165, 1.54) is 0 Å². The van der Waals surface area contributed by atoms with Crippen LogP contribution in [0.15, 0.2) is 18.2 Å². The molecule has 0 amide bonds. The summed E-state index contributed by atoms with van der Waals surface area (Å²) in [7, 11) is 0. The van der Waals surface area contributed by atoms with E-state index in [1.807, 2.05) is 32.0 Å². The maximum atomic E-state index is 11.1. The lowest BCUT2D eigenvalue weighted by atomic mass is 10.1. The van der Waals surface area contributed by atoms with E-state index >= 15 is 0 Å². The maximum absolute atomic E-state index is 11.1. The van der Waals surface area contributed by atoms with Crippen LogP contribution >= 0.6 is 0 Å². The van der Waals surface area contributed by atoms with Gasteiger partial charge in [-0.3, -0.25) is 4.79 Å². The van der Waals surface area contributed by atoms with Crippen LogP contribution in [-0.4, -0.2) is 19.2 Å². The van der Waals surface area contributed by atoms with Gasteiger partial charge in [0.1, 0.15) is 5.75 Å². The molecule has 1 aromatic carbocycles. The number of aryl methyl sites for hydroxylation is 2. The van der Waals surface area contributed by atoms with Gasteiger partial charge >= 0.3 is 5.97 Å². The predicted octanol–water partition coefficient (Wildman–Crippen LogP) is 2.64. The maximum Gasteiger partial charge on any atom is 0.309 e. The predicted molar refractivity (Wildman–Crippen MR) is 62.7 cm³/mol. The van der Waals surface area contributed by atoms with Gasteiger partial charge in [-0.05, 0) is 31.9 Å². The fourth-order valence-corrected chi connectivity index (χ4v) is 1.50. The SMILES string of the molecule is CCOC(=O)CCOc1c(C)cccc1C. The van der Waals surface area contributed by atoms with Gasteiger partial charge in [0.25, 0.3) is 0 Å². The molecule has 0 aromatic heterocycles. The third-order valence-electron chi connectivity index (χ3n) is 2.27. The summed E-state index contributed by atoms with van der Waals surface area (Å²) in [5.41, 5.74) is 2.17. The monoisotopic (exact) mass is 222 g/mol. The van der Waals surface area contributed by atoms with Gasteiger partial charge in [-0.25, -0.2) is 0 Å². The average molecular weight is 222 g/mol. The Morgan fingerprint density at radius 1 is 1.25 bits per heavy atom. The normalized spacial score (nSPS) is 9.94. The molecule has 3 heteroatoms. The summed E-state index contributed by atoms with van der Waals surface area (Å²) in [4.78, 5) is 11.1. The molecule has 0 radical (unpaired) electrons. The zero-order chi connectivity index (χ0) is 12.0. The lowest BCUT2D eigenvalue weighted by molar-refractivity contribution is -0.143. The van der Waals surface area contributed by atoms with Gasteiger partial charge in [-0.2, -0.15) is 0 Å². The average Bonchev–Trinajstić information content (AvgIpc) is 2.23. The summed E-state index contributed by atoms with van der Waals surface area (Å²) in [5.74, 6) is 0.653. The zero-order valence-electron chi connectivity index (χ0n) is 10.1. The Labute approximate surface area is 96.4 Å². The highest BCUT2D eigenvalue weighted by molar-refractivity contribution is 5.69. The second-order valence-electron chi connectivity index (χ2n) is 3.62. The van der Waals surface area contributed by atoms with Crippen molar-refractivity contribution in [1.82, 2.24) is 0 Å². The van der Waals surface area contributed by atoms with Gasteiger partial charge in [0.15, 0.2) is 0 Å². The molecule has 1 rings (SSSR count). The third kappa shape index (κ3) is 3.57. The Balaban J connectivity index is 2.46. The first-order chi connectivity index (χ1) is 7.65. The van der Waals surface area contributed by atoms with E-state index in [-0.39, 0.29) is 5.97 Å². The summed E-state index contributed by atoms with van der Waals surface area (Å²) in [5, 5.41) is 0. The van der Waals surface area contributed by atoms with E-state index in [1.54, 1.807) is 6.92 Å². The molecule has 0 N–H and O–H groups in total. The lowest BCUT2D eigenvalue weighted by Crippen LogP contribution is -2.10. The van der Waals surface area contributed by atoms with Crippen molar-refractivity contribution in [3.05, 3.63) is 29.3 Å². The minimum absolute atomic E-state index is 0.214. The molecule has 3 nitrogen and oxygen atoms in total. The summed E-state index contributed by atoms with van der Waals surface area (Å²) >= 11 is 0. The van der Waals surface area contributed by atoms with Crippen LogP contribution in [-0.2, 0) is 9.53 Å². The molecule has 0 aliphatic carbocycles. The Morgan fingerprint density at radius 3 is 2.44 bits per heavy atom. The number of esters is 1. The number of benzene rings is 1. The van der Waals surface area contributed by atoms with Crippen molar-refractivity contribution >= 4 is 5.97 Å².